The first kappa shape index (κ1) is 55.1. The molecule has 3 saturated carbocycles. The van der Waals surface area contributed by atoms with Crippen LogP contribution in [0.3, 0.4) is 0 Å². The van der Waals surface area contributed by atoms with Gasteiger partial charge in [0.05, 0.1) is 42.7 Å². The molecule has 1 aromatic heterocycles. The Morgan fingerprint density at radius 2 is 1.66 bits per heavy atom. The Morgan fingerprint density at radius 3 is 2.39 bits per heavy atom. The van der Waals surface area contributed by atoms with E-state index in [0.717, 1.165) is 114 Å². The number of aryl methyl sites for hydroxylation is 1. The lowest BCUT2D eigenvalue weighted by molar-refractivity contribution is -0.149. The fraction of sp³-hybridized carbons (Fsp3) is 0.476. The number of aromatic nitrogens is 1. The van der Waals surface area contributed by atoms with E-state index in [2.05, 4.69) is 41.5 Å². The van der Waals surface area contributed by atoms with Gasteiger partial charge in [-0.3, -0.25) is 4.79 Å². The summed E-state index contributed by atoms with van der Waals surface area (Å²) in [5, 5.41) is 77.1. The maximum Gasteiger partial charge on any atom is 0.186 e. The van der Waals surface area contributed by atoms with E-state index in [1.165, 1.54) is 0 Å². The predicted octanol–water partition coefficient (Wildman–Crippen LogP) is 10.7. The van der Waals surface area contributed by atoms with Crippen LogP contribution < -0.4 is 19.5 Å². The third kappa shape index (κ3) is 11.0. The van der Waals surface area contributed by atoms with Crippen LogP contribution in [0.25, 0.3) is 10.8 Å². The van der Waals surface area contributed by atoms with Crippen molar-refractivity contribution in [3.63, 3.8) is 0 Å². The topological polar surface area (TPSA) is 194 Å². The Bertz CT molecular complexity index is 3010. The maximum atomic E-state index is 17.0. The second-order valence-electron chi connectivity index (χ2n) is 22.2. The van der Waals surface area contributed by atoms with Gasteiger partial charge in [0.2, 0.25) is 0 Å². The lowest BCUT2D eigenvalue weighted by Gasteiger charge is -2.50. The number of ether oxygens (including phenoxy) is 3. The summed E-state index contributed by atoms with van der Waals surface area (Å²) in [5.74, 6) is -0.887. The number of phenolic OH excluding ortho intramolecular Hbond substituents is 2. The van der Waals surface area contributed by atoms with E-state index < -0.39 is 47.7 Å². The maximum absolute atomic E-state index is 17.0. The number of hydrogen-bond donors (Lipinski definition) is 8. The van der Waals surface area contributed by atoms with Gasteiger partial charge in [0.25, 0.3) is 0 Å². The highest BCUT2D eigenvalue weighted by molar-refractivity contribution is 8.76. The number of nitrogens with one attached hydrogen (secondary N) is 2. The number of H-pyrrole nitrogens is 1. The van der Waals surface area contributed by atoms with Crippen molar-refractivity contribution in [2.75, 3.05) is 33.3 Å². The lowest BCUT2D eigenvalue weighted by atomic mass is 9.55. The number of aromatic amines is 1. The Balaban J connectivity index is 1.17. The Morgan fingerprint density at radius 1 is 0.857 bits per heavy atom. The van der Waals surface area contributed by atoms with Crippen molar-refractivity contribution in [3.8, 4) is 28.7 Å². The molecule has 0 unspecified atom stereocenters. The van der Waals surface area contributed by atoms with Crippen molar-refractivity contribution >= 4 is 38.1 Å². The van der Waals surface area contributed by atoms with Crippen LogP contribution in [0.15, 0.2) is 97.3 Å². The normalized spacial score (nSPS) is 25.1. The van der Waals surface area contributed by atoms with Gasteiger partial charge < -0.3 is 55.2 Å². The minimum absolute atomic E-state index is 0.00147. The first-order chi connectivity index (χ1) is 37.4. The number of phenols is 2. The molecule has 0 saturated heterocycles. The van der Waals surface area contributed by atoms with Crippen LogP contribution in [-0.2, 0) is 47.9 Å². The van der Waals surface area contributed by atoms with Crippen LogP contribution in [0.5, 0.6) is 28.7 Å². The number of fused-ring (bicyclic) bond motifs is 2. The number of ketones is 1. The summed E-state index contributed by atoms with van der Waals surface area (Å²) in [7, 11) is 6.61. The number of rotatable bonds is 14. The van der Waals surface area contributed by atoms with Crippen molar-refractivity contribution in [1.29, 1.82) is 0 Å². The van der Waals surface area contributed by atoms with E-state index in [1.807, 2.05) is 55.8 Å². The molecular formula is C63H76N2O10S2. The number of aliphatic hydroxyl groups is 4. The molecule has 6 aromatic rings. The van der Waals surface area contributed by atoms with Gasteiger partial charge in [-0.2, -0.15) is 0 Å². The molecule has 0 spiro atoms. The molecule has 410 valence electrons. The summed E-state index contributed by atoms with van der Waals surface area (Å²) >= 11 is 0. The molecule has 2 heterocycles. The average Bonchev–Trinajstić information content (AvgIpc) is 4.26. The molecular weight excluding hydrogens is 1010 g/mol. The highest BCUT2D eigenvalue weighted by Crippen LogP contribution is 2.53. The van der Waals surface area contributed by atoms with Gasteiger partial charge in [-0.1, -0.05) is 96.3 Å². The standard InChI is InChI=1S/C63H76N2O10S2/c1-4-40-16-17-41-11-10-14-49-55(35-66)77-76-36-44-28-56(70)63(46-29-45(30-47(68)31-46)62(64-2)22-8-5-9-23-62,33-38-15-20-53(74-37-67)54(26-38)75-48-12-6-7-13-48)61(72)58(44)59(71)43(25-39-21-24-65-34-39)27-42-18-19-52(69)60(73-3)51(42)32-50(40)57(41)49/h10-11,14-21,24,26,29-31,34,43-44,48,55-56,58-59,64-71H,4-9,12-13,22-23,25,27-28,32-33,35-37H2,1-3H3/t43-,44+,55+,56-,58-,59+,63+/m1/s1. The number of aromatic hydroxyl groups is 2. The smallest absolute Gasteiger partial charge is 0.186 e. The zero-order valence-electron chi connectivity index (χ0n) is 44.6. The van der Waals surface area contributed by atoms with E-state index in [9.17, 15) is 30.6 Å². The van der Waals surface area contributed by atoms with E-state index >= 15 is 4.79 Å². The van der Waals surface area contributed by atoms with Gasteiger partial charge >= 0.3 is 0 Å². The van der Waals surface area contributed by atoms with Crippen LogP contribution in [0.4, 0.5) is 0 Å². The Kier molecular flexibility index (Phi) is 17.2. The molecule has 77 heavy (non-hydrogen) atoms. The zero-order valence-corrected chi connectivity index (χ0v) is 46.3. The largest absolute Gasteiger partial charge is 0.508 e. The molecule has 12 nitrogen and oxygen atoms in total. The van der Waals surface area contributed by atoms with Gasteiger partial charge in [0.15, 0.2) is 35.6 Å². The molecule has 5 aromatic carbocycles. The van der Waals surface area contributed by atoms with Crippen molar-refractivity contribution in [2.24, 2.45) is 17.8 Å². The monoisotopic (exact) mass is 1080 g/mol. The van der Waals surface area contributed by atoms with E-state index in [-0.39, 0.29) is 48.1 Å². The van der Waals surface area contributed by atoms with Gasteiger partial charge in [0.1, 0.15) is 5.75 Å². The average molecular weight is 1090 g/mol. The second-order valence-corrected chi connectivity index (χ2v) is 24.8. The molecule has 3 fully saturated rings. The summed E-state index contributed by atoms with van der Waals surface area (Å²) in [6, 6.07) is 27.0. The molecule has 8 N–H and O–H groups in total. The van der Waals surface area contributed by atoms with Crippen LogP contribution >= 0.6 is 21.6 Å². The fourth-order valence-electron chi connectivity index (χ4n) is 13.8. The number of benzene rings is 5. The highest BCUT2D eigenvalue weighted by atomic mass is 33.1. The van der Waals surface area contributed by atoms with Crippen molar-refractivity contribution < 1.29 is 49.6 Å². The Labute approximate surface area is 460 Å². The first-order valence-corrected chi connectivity index (χ1v) is 30.2. The minimum atomic E-state index is -1.68. The Hall–Kier alpha value is -5.19. The number of hydrogen-bond acceptors (Lipinski definition) is 13. The third-order valence-corrected chi connectivity index (χ3v) is 20.7. The van der Waals surface area contributed by atoms with Crippen LogP contribution in [0.1, 0.15) is 126 Å². The molecule has 3 aliphatic carbocycles. The molecule has 1 aliphatic heterocycles. The van der Waals surface area contributed by atoms with Gasteiger partial charge in [-0.25, -0.2) is 0 Å². The van der Waals surface area contributed by atoms with Crippen LogP contribution in [0, 0.1) is 17.8 Å². The fourth-order valence-corrected chi connectivity index (χ4v) is 16.7. The van der Waals surface area contributed by atoms with Crippen LogP contribution in [-0.4, -0.2) is 93.0 Å². The van der Waals surface area contributed by atoms with Crippen LogP contribution in [0.2, 0.25) is 0 Å². The van der Waals surface area contributed by atoms with Crippen molar-refractivity contribution in [2.45, 2.75) is 138 Å². The number of carbonyl (C=O) groups is 1. The molecule has 7 atom stereocenters. The van der Waals surface area contributed by atoms with E-state index in [0.29, 0.717) is 53.4 Å². The van der Waals surface area contributed by atoms with Gasteiger partial charge in [0, 0.05) is 41.6 Å². The molecule has 0 bridgehead atoms. The number of Topliss-reactive ketones (excluding diaryl/α,β-unsaturated/α-hetero) is 1. The number of aliphatic hydroxyl groups excluding tert-OH is 4. The van der Waals surface area contributed by atoms with Crippen molar-refractivity contribution in [1.82, 2.24) is 10.3 Å². The predicted molar refractivity (Wildman–Crippen MR) is 305 cm³/mol. The molecule has 14 heteroatoms. The highest BCUT2D eigenvalue weighted by Gasteiger charge is 2.58. The summed E-state index contributed by atoms with van der Waals surface area (Å²) in [6.45, 7) is 1.43. The first-order valence-electron chi connectivity index (χ1n) is 27.8. The van der Waals surface area contributed by atoms with E-state index in [1.54, 1.807) is 53.0 Å². The quantitative estimate of drug-likeness (QED) is 0.0380. The zero-order chi connectivity index (χ0) is 53.8. The molecule has 0 amide bonds. The van der Waals surface area contributed by atoms with Gasteiger partial charge in [-0.15, -0.1) is 0 Å². The summed E-state index contributed by atoms with van der Waals surface area (Å²) in [6.07, 6.45) is 11.8. The molecule has 0 radical (unpaired) electrons. The molecule has 4 aliphatic rings. The van der Waals surface area contributed by atoms with Gasteiger partial charge in [-0.05, 0) is 181 Å². The summed E-state index contributed by atoms with van der Waals surface area (Å²) < 4.78 is 18.4. The van der Waals surface area contributed by atoms with Crippen molar-refractivity contribution in [3.05, 3.63) is 147 Å². The lowest BCUT2D eigenvalue weighted by Crippen LogP contribution is -2.61. The third-order valence-electron chi connectivity index (χ3n) is 17.9. The van der Waals surface area contributed by atoms with E-state index in [4.69, 9.17) is 14.2 Å². The minimum Gasteiger partial charge on any atom is -0.508 e. The summed E-state index contributed by atoms with van der Waals surface area (Å²) in [4.78, 5) is 20.2. The number of methoxy groups -OCH3 is 1. The second kappa shape index (κ2) is 24.0. The summed E-state index contributed by atoms with van der Waals surface area (Å²) in [5.41, 5.74) is 5.65. The SMILES string of the molecule is CCc1ccc2cccc3c2c1Cc1c(ccc(O)c1OC)C[C@@H](Cc1cc[nH]c1)[C@H](O)[C@@H]1C(=O)[C@@](Cc2ccc(OCO)c(OC4CCCC4)c2)(c2cc(O)cc(C4(NC)CCCCC4)c2)[C@H](O)C[C@H]1CSS[C@H]3CO. The number of carbonyl (C=O) groups excluding carboxylic acids is 1. The molecule has 10 rings (SSSR count).